The minimum atomic E-state index is 0.00629. The number of ether oxygens (including phenoxy) is 2. The van der Waals surface area contributed by atoms with Gasteiger partial charge in [0.15, 0.2) is 0 Å². The Hall–Kier alpha value is -3.19. The molecule has 0 unspecified atom stereocenters. The highest BCUT2D eigenvalue weighted by Gasteiger charge is 2.23. The van der Waals surface area contributed by atoms with Crippen LogP contribution in [-0.2, 0) is 0 Å². The zero-order valence-electron chi connectivity index (χ0n) is 18.1. The van der Waals surface area contributed by atoms with E-state index in [4.69, 9.17) is 9.47 Å². The van der Waals surface area contributed by atoms with Gasteiger partial charge in [0.05, 0.1) is 36.5 Å². The summed E-state index contributed by atoms with van der Waals surface area (Å²) in [5.41, 5.74) is 3.57. The van der Waals surface area contributed by atoms with Crippen LogP contribution in [0.15, 0.2) is 54.7 Å². The molecule has 2 aliphatic heterocycles. The van der Waals surface area contributed by atoms with Crippen molar-refractivity contribution in [1.29, 1.82) is 0 Å². The second-order valence-corrected chi connectivity index (χ2v) is 7.76. The van der Waals surface area contributed by atoms with Gasteiger partial charge in [-0.25, -0.2) is 4.98 Å². The van der Waals surface area contributed by atoms with Crippen LogP contribution in [0.4, 0.5) is 0 Å². The molecule has 1 aromatic heterocycles. The van der Waals surface area contributed by atoms with Gasteiger partial charge in [0, 0.05) is 19.6 Å². The van der Waals surface area contributed by atoms with Gasteiger partial charge in [-0.15, -0.1) is 0 Å². The molecule has 0 saturated carbocycles. The molecule has 0 fully saturated rings. The van der Waals surface area contributed by atoms with E-state index in [0.29, 0.717) is 23.7 Å². The number of fused-ring (bicyclic) bond motifs is 1. The molecular weight excluding hydrogens is 392 g/mol. The summed E-state index contributed by atoms with van der Waals surface area (Å²) in [5, 5.41) is 0. The van der Waals surface area contributed by atoms with E-state index in [1.54, 1.807) is 25.8 Å². The van der Waals surface area contributed by atoms with Crippen LogP contribution in [-0.4, -0.2) is 59.0 Å². The monoisotopic (exact) mass is 420 g/mol. The van der Waals surface area contributed by atoms with Gasteiger partial charge in [0.2, 0.25) is 5.88 Å². The van der Waals surface area contributed by atoms with Crippen LogP contribution in [0.1, 0.15) is 42.2 Å². The number of nitrogens with zero attached hydrogens (tertiary/aromatic N) is 4. The lowest BCUT2D eigenvalue weighted by molar-refractivity contribution is 0.0804. The summed E-state index contributed by atoms with van der Waals surface area (Å²) in [7, 11) is 1.60. The van der Waals surface area contributed by atoms with Crippen molar-refractivity contribution in [3.05, 3.63) is 66.0 Å². The van der Waals surface area contributed by atoms with E-state index < -0.39 is 0 Å². The third-order valence-electron chi connectivity index (χ3n) is 5.69. The molecule has 0 atom stereocenters. The molecule has 2 aliphatic rings. The van der Waals surface area contributed by atoms with Crippen LogP contribution < -0.4 is 9.47 Å². The number of allylic oxidation sites excluding steroid dienone is 1. The van der Waals surface area contributed by atoms with E-state index in [2.05, 4.69) is 20.9 Å². The fourth-order valence-electron chi connectivity index (χ4n) is 3.90. The van der Waals surface area contributed by atoms with Gasteiger partial charge in [-0.2, -0.15) is 0 Å². The van der Waals surface area contributed by atoms with Crippen LogP contribution in [0.2, 0.25) is 0 Å². The van der Waals surface area contributed by atoms with Gasteiger partial charge in [0.1, 0.15) is 12.0 Å². The Morgan fingerprint density at radius 1 is 1.16 bits per heavy atom. The van der Waals surface area contributed by atoms with E-state index in [0.717, 1.165) is 50.3 Å². The third kappa shape index (κ3) is 4.94. The molecule has 1 amide bonds. The van der Waals surface area contributed by atoms with Gasteiger partial charge in [-0.1, -0.05) is 18.2 Å². The van der Waals surface area contributed by atoms with Crippen molar-refractivity contribution in [3.63, 3.8) is 0 Å². The van der Waals surface area contributed by atoms with E-state index >= 15 is 0 Å². The Kier molecular flexibility index (Phi) is 6.62. The maximum atomic E-state index is 12.9. The predicted molar refractivity (Wildman–Crippen MR) is 119 cm³/mol. The molecule has 0 N–H and O–H groups in total. The number of hydrogen-bond donors (Lipinski definition) is 0. The smallest absolute Gasteiger partial charge is 0.261 e. The molecule has 0 spiro atoms. The number of aromatic nitrogens is 2. The minimum Gasteiger partial charge on any atom is -0.480 e. The minimum absolute atomic E-state index is 0.00629. The maximum absolute atomic E-state index is 12.9. The van der Waals surface area contributed by atoms with Gasteiger partial charge in [0.25, 0.3) is 5.91 Å². The van der Waals surface area contributed by atoms with Crippen molar-refractivity contribution in [2.45, 2.75) is 26.2 Å². The highest BCUT2D eigenvalue weighted by Crippen LogP contribution is 2.26. The zero-order valence-corrected chi connectivity index (χ0v) is 18.1. The molecule has 7 heteroatoms. The summed E-state index contributed by atoms with van der Waals surface area (Å²) in [5.74, 6) is 1.17. The summed E-state index contributed by atoms with van der Waals surface area (Å²) in [6.07, 6.45) is 10.2. The van der Waals surface area contributed by atoms with Crippen molar-refractivity contribution in [3.8, 4) is 11.6 Å². The highest BCUT2D eigenvalue weighted by molar-refractivity contribution is 5.98. The van der Waals surface area contributed by atoms with Gasteiger partial charge < -0.3 is 14.4 Å². The lowest BCUT2D eigenvalue weighted by Crippen LogP contribution is -2.32. The van der Waals surface area contributed by atoms with Crippen molar-refractivity contribution < 1.29 is 14.3 Å². The van der Waals surface area contributed by atoms with Crippen molar-refractivity contribution in [2.75, 3.05) is 33.3 Å². The molecule has 162 valence electrons. The Balaban J connectivity index is 1.27. The molecule has 4 rings (SSSR count). The Morgan fingerprint density at radius 3 is 2.81 bits per heavy atom. The molecule has 1 aromatic carbocycles. The molecule has 2 aromatic rings. The summed E-state index contributed by atoms with van der Waals surface area (Å²) in [4.78, 5) is 25.9. The van der Waals surface area contributed by atoms with Gasteiger partial charge >= 0.3 is 0 Å². The molecule has 7 nitrogen and oxygen atoms in total. The number of amides is 1. The third-order valence-corrected chi connectivity index (χ3v) is 5.69. The Labute approximate surface area is 183 Å². The van der Waals surface area contributed by atoms with E-state index in [9.17, 15) is 4.79 Å². The molecule has 31 heavy (non-hydrogen) atoms. The molecule has 0 saturated heterocycles. The molecule has 3 heterocycles. The van der Waals surface area contributed by atoms with Crippen LogP contribution in [0.5, 0.6) is 11.6 Å². The SMILES string of the molecule is COc1cncc(C2=CCN(CCCCN3C(=O)c4ccccc4OC=C3C)CC2)n1. The van der Waals surface area contributed by atoms with Crippen LogP contribution in [0.25, 0.3) is 5.57 Å². The standard InChI is InChI=1S/C24H28N4O3/c1-18-17-31-22-8-4-3-7-20(22)24(29)28(18)12-6-5-11-27-13-9-19(10-14-27)21-15-25-16-23(26-21)30-2/h3-4,7-9,15-17H,5-6,10-14H2,1-2H3. The van der Waals surface area contributed by atoms with Crippen molar-refractivity contribution in [2.24, 2.45) is 0 Å². The van der Waals surface area contributed by atoms with Crippen molar-refractivity contribution in [1.82, 2.24) is 19.8 Å². The van der Waals surface area contributed by atoms with Crippen LogP contribution in [0, 0.1) is 0 Å². The van der Waals surface area contributed by atoms with E-state index in [1.165, 1.54) is 5.57 Å². The summed E-state index contributed by atoms with van der Waals surface area (Å²) < 4.78 is 10.8. The van der Waals surface area contributed by atoms with Crippen LogP contribution in [0.3, 0.4) is 0 Å². The number of carbonyl (C=O) groups excluding carboxylic acids is 1. The molecule has 0 radical (unpaired) electrons. The first-order valence-corrected chi connectivity index (χ1v) is 10.7. The number of unbranched alkanes of at least 4 members (excludes halogenated alkanes) is 1. The number of carbonyl (C=O) groups is 1. The second kappa shape index (κ2) is 9.75. The first-order valence-electron chi connectivity index (χ1n) is 10.7. The summed E-state index contributed by atoms with van der Waals surface area (Å²) >= 11 is 0. The van der Waals surface area contributed by atoms with E-state index in [-0.39, 0.29) is 5.91 Å². The first kappa shape index (κ1) is 21.1. The van der Waals surface area contributed by atoms with Crippen LogP contribution >= 0.6 is 0 Å². The Bertz CT molecular complexity index is 1000. The Morgan fingerprint density at radius 2 is 2.00 bits per heavy atom. The topological polar surface area (TPSA) is 67.8 Å². The number of para-hydroxylation sites is 1. The average Bonchev–Trinajstić information content (AvgIpc) is 2.94. The number of benzene rings is 1. The molecular formula is C24H28N4O3. The van der Waals surface area contributed by atoms with E-state index in [1.807, 2.05) is 36.1 Å². The van der Waals surface area contributed by atoms with Crippen molar-refractivity contribution >= 4 is 11.5 Å². The number of rotatable bonds is 7. The lowest BCUT2D eigenvalue weighted by atomic mass is 10.0. The lowest BCUT2D eigenvalue weighted by Gasteiger charge is -2.27. The normalized spacial score (nSPS) is 16.7. The summed E-state index contributed by atoms with van der Waals surface area (Å²) in [6.45, 7) is 5.51. The highest BCUT2D eigenvalue weighted by atomic mass is 16.5. The largest absolute Gasteiger partial charge is 0.480 e. The fraction of sp³-hybridized carbons (Fsp3) is 0.375. The predicted octanol–water partition coefficient (Wildman–Crippen LogP) is 3.75. The maximum Gasteiger partial charge on any atom is 0.261 e. The fourth-order valence-corrected chi connectivity index (χ4v) is 3.90. The second-order valence-electron chi connectivity index (χ2n) is 7.76. The average molecular weight is 421 g/mol. The molecule has 0 aliphatic carbocycles. The first-order chi connectivity index (χ1) is 15.2. The summed E-state index contributed by atoms with van der Waals surface area (Å²) in [6, 6.07) is 7.40. The zero-order chi connectivity index (χ0) is 21.6. The molecule has 0 bridgehead atoms. The number of hydrogen-bond acceptors (Lipinski definition) is 6. The van der Waals surface area contributed by atoms with Gasteiger partial charge in [-0.3, -0.25) is 14.7 Å². The quantitative estimate of drug-likeness (QED) is 0.636. The number of methoxy groups -OCH3 is 1. The van der Waals surface area contributed by atoms with Gasteiger partial charge in [-0.05, 0) is 50.4 Å².